The zero-order valence-electron chi connectivity index (χ0n) is 5.31. The van der Waals surface area contributed by atoms with Crippen molar-refractivity contribution in [3.63, 3.8) is 0 Å². The second-order valence-electron chi connectivity index (χ2n) is 2.06. The van der Waals surface area contributed by atoms with Crippen LogP contribution in [0.2, 0.25) is 10.2 Å². The number of hydrogen-bond donors (Lipinski definition) is 1. The van der Waals surface area contributed by atoms with E-state index in [0.29, 0.717) is 21.2 Å². The molecule has 0 fully saturated rings. The Hall–Kier alpha value is -0.800. The average molecular weight is 188 g/mol. The van der Waals surface area contributed by atoms with Gasteiger partial charge < -0.3 is 0 Å². The number of halogens is 2. The van der Waals surface area contributed by atoms with Gasteiger partial charge in [-0.15, -0.1) is 0 Å². The predicted octanol–water partition coefficient (Wildman–Crippen LogP) is 2.26. The van der Waals surface area contributed by atoms with E-state index in [9.17, 15) is 0 Å². The van der Waals surface area contributed by atoms with Crippen LogP contribution in [0.1, 0.15) is 0 Å². The summed E-state index contributed by atoms with van der Waals surface area (Å²) in [6.45, 7) is 0. The van der Waals surface area contributed by atoms with Crippen LogP contribution in [-0.4, -0.2) is 15.2 Å². The Morgan fingerprint density at radius 3 is 3.00 bits per heavy atom. The summed E-state index contributed by atoms with van der Waals surface area (Å²) in [7, 11) is 0. The van der Waals surface area contributed by atoms with Gasteiger partial charge in [0.1, 0.15) is 11.0 Å². The lowest BCUT2D eigenvalue weighted by atomic mass is 10.4. The number of nitrogens with one attached hydrogen (secondary N) is 1. The highest BCUT2D eigenvalue weighted by molar-refractivity contribution is 6.34. The molecule has 0 unspecified atom stereocenters. The lowest BCUT2D eigenvalue weighted by molar-refractivity contribution is 1.12. The minimum absolute atomic E-state index is 0.441. The van der Waals surface area contributed by atoms with Gasteiger partial charge in [0.05, 0.1) is 5.02 Å². The standard InChI is InChI=1S/C6H3Cl2N3/c7-3-1-4-5(9-2-3)6(8)11-10-4/h1-2H,(H,10,11). The van der Waals surface area contributed by atoms with Crippen LogP contribution in [0.25, 0.3) is 11.0 Å². The molecule has 2 aromatic rings. The van der Waals surface area contributed by atoms with Gasteiger partial charge in [0.2, 0.25) is 0 Å². The molecule has 0 amide bonds. The van der Waals surface area contributed by atoms with Gasteiger partial charge in [-0.3, -0.25) is 5.10 Å². The van der Waals surface area contributed by atoms with Crippen molar-refractivity contribution in [2.75, 3.05) is 0 Å². The van der Waals surface area contributed by atoms with Crippen molar-refractivity contribution >= 4 is 34.2 Å². The van der Waals surface area contributed by atoms with Crippen LogP contribution in [0, 0.1) is 0 Å². The van der Waals surface area contributed by atoms with Crippen LogP contribution in [0.4, 0.5) is 0 Å². The van der Waals surface area contributed by atoms with E-state index in [1.807, 2.05) is 0 Å². The van der Waals surface area contributed by atoms with Crippen LogP contribution in [-0.2, 0) is 0 Å². The van der Waals surface area contributed by atoms with Crippen LogP contribution in [0.3, 0.4) is 0 Å². The van der Waals surface area contributed by atoms with Gasteiger partial charge in [-0.2, -0.15) is 5.10 Å². The van der Waals surface area contributed by atoms with Crippen molar-refractivity contribution in [3.05, 3.63) is 22.4 Å². The maximum atomic E-state index is 5.70. The zero-order valence-corrected chi connectivity index (χ0v) is 6.82. The molecule has 2 rings (SSSR count). The minimum Gasteiger partial charge on any atom is -0.265 e. The normalized spacial score (nSPS) is 10.7. The quantitative estimate of drug-likeness (QED) is 0.688. The Balaban J connectivity index is 2.86. The molecule has 0 spiro atoms. The number of aromatic nitrogens is 3. The van der Waals surface area contributed by atoms with Gasteiger partial charge in [0.15, 0.2) is 5.15 Å². The third kappa shape index (κ3) is 1.06. The smallest absolute Gasteiger partial charge is 0.150 e. The lowest BCUT2D eigenvalue weighted by Gasteiger charge is -1.87. The molecule has 0 bridgehead atoms. The molecule has 0 aliphatic heterocycles. The van der Waals surface area contributed by atoms with E-state index in [4.69, 9.17) is 23.2 Å². The zero-order chi connectivity index (χ0) is 7.84. The number of fused-ring (bicyclic) bond motifs is 1. The molecule has 0 aliphatic rings. The molecular formula is C6H3Cl2N3. The maximum absolute atomic E-state index is 5.70. The summed E-state index contributed by atoms with van der Waals surface area (Å²) >= 11 is 11.4. The molecule has 0 saturated carbocycles. The SMILES string of the molecule is Clc1cnc2c(Cl)[nH]nc2c1. The molecule has 0 radical (unpaired) electrons. The summed E-state index contributed by atoms with van der Waals surface area (Å²) < 4.78 is 0. The Morgan fingerprint density at radius 2 is 2.18 bits per heavy atom. The molecule has 0 aromatic carbocycles. The number of pyridine rings is 1. The number of H-pyrrole nitrogens is 1. The maximum Gasteiger partial charge on any atom is 0.150 e. The second kappa shape index (κ2) is 2.36. The van der Waals surface area contributed by atoms with Crippen molar-refractivity contribution in [1.29, 1.82) is 0 Å². The highest BCUT2D eigenvalue weighted by Crippen LogP contribution is 2.19. The van der Waals surface area contributed by atoms with Gasteiger partial charge in [-0.25, -0.2) is 4.98 Å². The van der Waals surface area contributed by atoms with E-state index in [-0.39, 0.29) is 0 Å². The van der Waals surface area contributed by atoms with Gasteiger partial charge in [0, 0.05) is 6.20 Å². The van der Waals surface area contributed by atoms with Crippen molar-refractivity contribution < 1.29 is 0 Å². The van der Waals surface area contributed by atoms with Crippen molar-refractivity contribution in [3.8, 4) is 0 Å². The molecule has 0 aliphatic carbocycles. The van der Waals surface area contributed by atoms with Crippen molar-refractivity contribution in [2.24, 2.45) is 0 Å². The number of aromatic amines is 1. The third-order valence-corrected chi connectivity index (χ3v) is 1.79. The summed E-state index contributed by atoms with van der Waals surface area (Å²) in [6, 6.07) is 1.70. The molecule has 5 heteroatoms. The van der Waals surface area contributed by atoms with E-state index >= 15 is 0 Å². The summed E-state index contributed by atoms with van der Waals surface area (Å²) in [6.07, 6.45) is 1.53. The van der Waals surface area contributed by atoms with Gasteiger partial charge in [-0.1, -0.05) is 23.2 Å². The number of rotatable bonds is 0. The molecule has 0 atom stereocenters. The average Bonchev–Trinajstić information content (AvgIpc) is 2.32. The first-order valence-electron chi connectivity index (χ1n) is 2.92. The number of hydrogen-bond acceptors (Lipinski definition) is 2. The minimum atomic E-state index is 0.441. The fraction of sp³-hybridized carbons (Fsp3) is 0. The lowest BCUT2D eigenvalue weighted by Crippen LogP contribution is -1.73. The van der Waals surface area contributed by atoms with Crippen molar-refractivity contribution in [1.82, 2.24) is 15.2 Å². The first-order chi connectivity index (χ1) is 5.27. The highest BCUT2D eigenvalue weighted by Gasteiger charge is 2.03. The first-order valence-corrected chi connectivity index (χ1v) is 3.68. The molecule has 0 saturated heterocycles. The van der Waals surface area contributed by atoms with E-state index in [1.165, 1.54) is 6.20 Å². The largest absolute Gasteiger partial charge is 0.265 e. The summed E-state index contributed by atoms with van der Waals surface area (Å²) in [5.41, 5.74) is 1.33. The van der Waals surface area contributed by atoms with Gasteiger partial charge in [0.25, 0.3) is 0 Å². The Morgan fingerprint density at radius 1 is 1.36 bits per heavy atom. The Bertz CT molecular complexity index is 396. The van der Waals surface area contributed by atoms with E-state index in [0.717, 1.165) is 0 Å². The molecule has 3 nitrogen and oxygen atoms in total. The molecule has 56 valence electrons. The molecule has 2 heterocycles. The summed E-state index contributed by atoms with van der Waals surface area (Å²) in [5, 5.41) is 7.47. The van der Waals surface area contributed by atoms with E-state index in [1.54, 1.807) is 6.07 Å². The van der Waals surface area contributed by atoms with Crippen LogP contribution in [0.5, 0.6) is 0 Å². The molecule has 2 aromatic heterocycles. The Labute approximate surface area is 72.3 Å². The van der Waals surface area contributed by atoms with E-state index in [2.05, 4.69) is 15.2 Å². The fourth-order valence-corrected chi connectivity index (χ4v) is 1.19. The highest BCUT2D eigenvalue weighted by atomic mass is 35.5. The van der Waals surface area contributed by atoms with Crippen LogP contribution >= 0.6 is 23.2 Å². The van der Waals surface area contributed by atoms with Crippen molar-refractivity contribution in [2.45, 2.75) is 0 Å². The molecule has 11 heavy (non-hydrogen) atoms. The molecular weight excluding hydrogens is 185 g/mol. The van der Waals surface area contributed by atoms with Crippen LogP contribution in [0.15, 0.2) is 12.3 Å². The summed E-state index contributed by atoms with van der Waals surface area (Å²) in [4.78, 5) is 3.98. The van der Waals surface area contributed by atoms with Gasteiger partial charge in [-0.05, 0) is 6.07 Å². The monoisotopic (exact) mass is 187 g/mol. The first kappa shape index (κ1) is 6.88. The molecule has 1 N–H and O–H groups in total. The predicted molar refractivity (Wildman–Crippen MR) is 43.9 cm³/mol. The topological polar surface area (TPSA) is 41.6 Å². The summed E-state index contributed by atoms with van der Waals surface area (Å²) in [5.74, 6) is 0. The second-order valence-corrected chi connectivity index (χ2v) is 2.87. The fourth-order valence-electron chi connectivity index (χ4n) is 0.845. The number of nitrogens with zero attached hydrogens (tertiary/aromatic N) is 2. The van der Waals surface area contributed by atoms with Gasteiger partial charge >= 0.3 is 0 Å². The van der Waals surface area contributed by atoms with E-state index < -0.39 is 0 Å². The Kier molecular flexibility index (Phi) is 1.47. The third-order valence-electron chi connectivity index (χ3n) is 1.32. The van der Waals surface area contributed by atoms with Crippen LogP contribution < -0.4 is 0 Å².